The first-order valence-corrected chi connectivity index (χ1v) is 11.0. The normalized spacial score (nSPS) is 21.6. The Balaban J connectivity index is 1.66. The van der Waals surface area contributed by atoms with E-state index in [0.717, 1.165) is 36.2 Å². The average molecular weight is 417 g/mol. The van der Waals surface area contributed by atoms with Gasteiger partial charge < -0.3 is 9.80 Å². The van der Waals surface area contributed by atoms with Gasteiger partial charge in [0.05, 0.1) is 11.8 Å². The van der Waals surface area contributed by atoms with Crippen molar-refractivity contribution >= 4 is 29.1 Å². The summed E-state index contributed by atoms with van der Waals surface area (Å²) in [7, 11) is 8.18. The van der Waals surface area contributed by atoms with Gasteiger partial charge in [0.1, 0.15) is 0 Å². The molecule has 0 spiro atoms. The summed E-state index contributed by atoms with van der Waals surface area (Å²) in [5, 5.41) is 6.57. The third-order valence-corrected chi connectivity index (χ3v) is 6.33. The molecule has 5 nitrogen and oxygen atoms in total. The van der Waals surface area contributed by atoms with Crippen LogP contribution >= 0.6 is 0 Å². The summed E-state index contributed by atoms with van der Waals surface area (Å²) in [4.78, 5) is 16.7. The fourth-order valence-corrected chi connectivity index (χ4v) is 4.64. The lowest BCUT2D eigenvalue weighted by molar-refractivity contribution is -0.131. The molecule has 2 aliphatic rings. The van der Waals surface area contributed by atoms with Crippen molar-refractivity contribution in [3.8, 4) is 0 Å². The highest BCUT2D eigenvalue weighted by atomic mass is 16.2. The highest BCUT2D eigenvalue weighted by Crippen LogP contribution is 2.44. The van der Waals surface area contributed by atoms with Gasteiger partial charge in [-0.25, -0.2) is 5.01 Å². The quantitative estimate of drug-likeness (QED) is 0.707. The Bertz CT molecular complexity index is 1000. The van der Waals surface area contributed by atoms with Gasteiger partial charge in [0.15, 0.2) is 0 Å². The lowest BCUT2D eigenvalue weighted by Gasteiger charge is -2.29. The molecule has 0 saturated heterocycles. The van der Waals surface area contributed by atoms with E-state index in [1.165, 1.54) is 16.8 Å². The van der Waals surface area contributed by atoms with Crippen LogP contribution in [-0.4, -0.2) is 44.8 Å². The number of hydrazone groups is 1. The molecule has 1 saturated carbocycles. The number of hydrogen-bond donors (Lipinski definition) is 0. The van der Waals surface area contributed by atoms with E-state index in [9.17, 15) is 4.79 Å². The van der Waals surface area contributed by atoms with Crippen LogP contribution < -0.4 is 9.80 Å². The maximum atomic E-state index is 12.5. The second-order valence-electron chi connectivity index (χ2n) is 8.93. The molecule has 0 unspecified atom stereocenters. The van der Waals surface area contributed by atoms with Gasteiger partial charge in [0.25, 0.3) is 0 Å². The zero-order chi connectivity index (χ0) is 22.1. The van der Waals surface area contributed by atoms with Crippen molar-refractivity contribution in [2.75, 3.05) is 38.0 Å². The molecule has 2 aromatic rings. The summed E-state index contributed by atoms with van der Waals surface area (Å²) >= 11 is 0. The summed E-state index contributed by atoms with van der Waals surface area (Å²) < 4.78 is 0. The molecule has 0 N–H and O–H groups in total. The molecule has 0 radical (unpaired) electrons. The maximum absolute atomic E-state index is 12.5. The molecule has 1 fully saturated rings. The van der Waals surface area contributed by atoms with E-state index < -0.39 is 0 Å². The lowest BCUT2D eigenvalue weighted by Crippen LogP contribution is -2.30. The molecule has 1 aliphatic heterocycles. The Morgan fingerprint density at radius 3 is 2.10 bits per heavy atom. The Labute approximate surface area is 185 Å². The van der Waals surface area contributed by atoms with Crippen LogP contribution in [0.2, 0.25) is 0 Å². The van der Waals surface area contributed by atoms with Crippen molar-refractivity contribution < 1.29 is 4.79 Å². The average Bonchev–Trinajstić information content (AvgIpc) is 3.15. The van der Waals surface area contributed by atoms with E-state index >= 15 is 0 Å². The first kappa shape index (κ1) is 21.2. The van der Waals surface area contributed by atoms with Crippen LogP contribution in [0.5, 0.6) is 0 Å². The SMILES string of the molecule is CC(=O)N1N=C2/C(=C/c3ccc(N(C)C)cc3)CCC[C@H]2[C@H]1c1ccc(N(C)C)cc1. The Morgan fingerprint density at radius 1 is 0.968 bits per heavy atom. The number of amides is 1. The van der Waals surface area contributed by atoms with Crippen LogP contribution in [0, 0.1) is 5.92 Å². The number of carbonyl (C=O) groups is 1. The number of benzene rings is 2. The van der Waals surface area contributed by atoms with Gasteiger partial charge in [-0.15, -0.1) is 0 Å². The van der Waals surface area contributed by atoms with Gasteiger partial charge >= 0.3 is 0 Å². The summed E-state index contributed by atoms with van der Waals surface area (Å²) in [5.41, 5.74) is 7.01. The Kier molecular flexibility index (Phi) is 5.86. The molecule has 31 heavy (non-hydrogen) atoms. The molecule has 4 rings (SSSR count). The van der Waals surface area contributed by atoms with E-state index in [4.69, 9.17) is 5.10 Å². The van der Waals surface area contributed by atoms with Gasteiger partial charge in [-0.3, -0.25) is 4.79 Å². The molecule has 5 heteroatoms. The number of fused-ring (bicyclic) bond motifs is 1. The summed E-state index contributed by atoms with van der Waals surface area (Å²) in [6.07, 6.45) is 5.42. The van der Waals surface area contributed by atoms with Crippen molar-refractivity contribution in [2.24, 2.45) is 11.0 Å². The second-order valence-corrected chi connectivity index (χ2v) is 8.93. The zero-order valence-corrected chi connectivity index (χ0v) is 19.2. The topological polar surface area (TPSA) is 39.2 Å². The van der Waals surface area contributed by atoms with Crippen LogP contribution in [0.3, 0.4) is 0 Å². The monoisotopic (exact) mass is 416 g/mol. The zero-order valence-electron chi connectivity index (χ0n) is 19.2. The van der Waals surface area contributed by atoms with Crippen molar-refractivity contribution in [2.45, 2.75) is 32.2 Å². The minimum atomic E-state index is -0.0245. The smallest absolute Gasteiger partial charge is 0.240 e. The molecule has 1 heterocycles. The van der Waals surface area contributed by atoms with E-state index in [2.05, 4.69) is 64.4 Å². The van der Waals surface area contributed by atoms with Crippen LogP contribution in [0.4, 0.5) is 11.4 Å². The Hall–Kier alpha value is -3.08. The minimum absolute atomic E-state index is 0.00160. The van der Waals surface area contributed by atoms with Crippen molar-refractivity contribution in [1.82, 2.24) is 5.01 Å². The number of nitrogens with zero attached hydrogens (tertiary/aromatic N) is 4. The van der Waals surface area contributed by atoms with Crippen LogP contribution in [-0.2, 0) is 4.79 Å². The van der Waals surface area contributed by atoms with Crippen LogP contribution in [0.1, 0.15) is 43.4 Å². The first-order valence-electron chi connectivity index (χ1n) is 11.0. The molecule has 0 bridgehead atoms. The summed E-state index contributed by atoms with van der Waals surface area (Å²) in [5.74, 6) is 0.244. The fourth-order valence-electron chi connectivity index (χ4n) is 4.64. The van der Waals surface area contributed by atoms with Gasteiger partial charge in [-0.1, -0.05) is 24.3 Å². The van der Waals surface area contributed by atoms with E-state index in [-0.39, 0.29) is 17.9 Å². The van der Waals surface area contributed by atoms with E-state index in [1.54, 1.807) is 11.9 Å². The highest BCUT2D eigenvalue weighted by molar-refractivity contribution is 6.08. The van der Waals surface area contributed by atoms with Gasteiger partial charge in [0, 0.05) is 52.4 Å². The van der Waals surface area contributed by atoms with Crippen LogP contribution in [0.25, 0.3) is 6.08 Å². The predicted molar refractivity (Wildman–Crippen MR) is 130 cm³/mol. The van der Waals surface area contributed by atoms with Crippen molar-refractivity contribution in [3.63, 3.8) is 0 Å². The number of hydrogen-bond acceptors (Lipinski definition) is 4. The number of carbonyl (C=O) groups excluding carboxylic acids is 1. The van der Waals surface area contributed by atoms with Gasteiger partial charge in [-0.05, 0) is 66.3 Å². The molecule has 2 aromatic carbocycles. The summed E-state index contributed by atoms with van der Waals surface area (Å²) in [6.45, 7) is 1.62. The molecule has 2 atom stereocenters. The lowest BCUT2D eigenvalue weighted by atomic mass is 9.77. The third kappa shape index (κ3) is 4.22. The van der Waals surface area contributed by atoms with Gasteiger partial charge in [0.2, 0.25) is 5.91 Å². The highest BCUT2D eigenvalue weighted by Gasteiger charge is 2.42. The number of allylic oxidation sites excluding steroid dienone is 1. The molecule has 1 amide bonds. The largest absolute Gasteiger partial charge is 0.378 e. The molecule has 0 aromatic heterocycles. The number of rotatable bonds is 4. The Morgan fingerprint density at radius 2 is 1.55 bits per heavy atom. The molecular weight excluding hydrogens is 384 g/mol. The first-order chi connectivity index (χ1) is 14.8. The summed E-state index contributed by atoms with van der Waals surface area (Å²) in [6, 6.07) is 17.1. The maximum Gasteiger partial charge on any atom is 0.240 e. The van der Waals surface area contributed by atoms with E-state index in [1.807, 2.05) is 28.2 Å². The standard InChI is InChI=1S/C26H32N4O/c1-18(31)30-26(20-11-15-23(16-12-20)29(4)5)24-8-6-7-21(25(24)27-30)17-19-9-13-22(14-10-19)28(2)3/h9-17,24,26H,6-8H2,1-5H3/b21-17+/t24-,26-/m1/s1. The molecule has 1 aliphatic carbocycles. The second kappa shape index (κ2) is 8.58. The van der Waals surface area contributed by atoms with Gasteiger partial charge in [-0.2, -0.15) is 5.10 Å². The van der Waals surface area contributed by atoms with Crippen molar-refractivity contribution in [3.05, 3.63) is 65.2 Å². The minimum Gasteiger partial charge on any atom is -0.378 e. The predicted octanol–water partition coefficient (Wildman–Crippen LogP) is 4.96. The van der Waals surface area contributed by atoms with Crippen molar-refractivity contribution in [1.29, 1.82) is 0 Å². The fraction of sp³-hybridized carbons (Fsp3) is 0.385. The molecular formula is C26H32N4O. The molecule has 162 valence electrons. The van der Waals surface area contributed by atoms with E-state index in [0.29, 0.717) is 0 Å². The third-order valence-electron chi connectivity index (χ3n) is 6.33. The number of anilines is 2. The van der Waals surface area contributed by atoms with Crippen LogP contribution in [0.15, 0.2) is 59.2 Å².